The molecule has 0 saturated carbocycles. The Balaban J connectivity index is 1.67. The third-order valence-electron chi connectivity index (χ3n) is 3.35. The largest absolute Gasteiger partial charge is 0.349 e. The van der Waals surface area contributed by atoms with Crippen molar-refractivity contribution in [1.82, 2.24) is 10.3 Å². The van der Waals surface area contributed by atoms with Gasteiger partial charge in [0.1, 0.15) is 5.01 Å². The summed E-state index contributed by atoms with van der Waals surface area (Å²) in [6.07, 6.45) is 3.69. The summed E-state index contributed by atoms with van der Waals surface area (Å²) in [7, 11) is 0. The monoisotopic (exact) mass is 258 g/mol. The van der Waals surface area contributed by atoms with Crippen LogP contribution in [0.25, 0.3) is 0 Å². The molecule has 18 heavy (non-hydrogen) atoms. The van der Waals surface area contributed by atoms with Crippen LogP contribution in [0.15, 0.2) is 35.8 Å². The van der Waals surface area contributed by atoms with Crippen molar-refractivity contribution < 1.29 is 4.79 Å². The Morgan fingerprint density at radius 2 is 2.33 bits per heavy atom. The van der Waals surface area contributed by atoms with Gasteiger partial charge in [-0.1, -0.05) is 24.3 Å². The Kier molecular flexibility index (Phi) is 3.11. The molecule has 1 N–H and O–H groups in total. The molecule has 1 atom stereocenters. The van der Waals surface area contributed by atoms with Crippen LogP contribution in [0.1, 0.15) is 28.5 Å². The summed E-state index contributed by atoms with van der Waals surface area (Å²) in [5, 5.41) is 5.85. The Labute approximate surface area is 110 Å². The van der Waals surface area contributed by atoms with E-state index in [9.17, 15) is 4.79 Å². The number of carbonyl (C=O) groups excluding carboxylic acids is 1. The van der Waals surface area contributed by atoms with Crippen LogP contribution in [0, 0.1) is 0 Å². The van der Waals surface area contributed by atoms with Gasteiger partial charge in [0, 0.05) is 11.6 Å². The lowest BCUT2D eigenvalue weighted by molar-refractivity contribution is -0.122. The maximum absolute atomic E-state index is 12.2. The van der Waals surface area contributed by atoms with E-state index in [1.807, 2.05) is 17.5 Å². The summed E-state index contributed by atoms with van der Waals surface area (Å²) < 4.78 is 0. The Morgan fingerprint density at radius 1 is 1.44 bits per heavy atom. The topological polar surface area (TPSA) is 42.0 Å². The van der Waals surface area contributed by atoms with Gasteiger partial charge >= 0.3 is 0 Å². The highest BCUT2D eigenvalue weighted by Gasteiger charge is 2.27. The van der Waals surface area contributed by atoms with E-state index < -0.39 is 0 Å². The minimum atomic E-state index is 0.0150. The maximum Gasteiger partial charge on any atom is 0.227 e. The molecule has 1 aliphatic carbocycles. The molecule has 0 fully saturated rings. The average molecular weight is 258 g/mol. The number of thiazole rings is 1. The maximum atomic E-state index is 12.2. The zero-order valence-electron chi connectivity index (χ0n) is 9.93. The van der Waals surface area contributed by atoms with Crippen molar-refractivity contribution in [3.05, 3.63) is 52.0 Å². The SMILES string of the molecule is O=C(NCc1nccs1)C1CCc2ccccc21. The van der Waals surface area contributed by atoms with Crippen LogP contribution in [-0.2, 0) is 17.8 Å². The number of amides is 1. The number of rotatable bonds is 3. The number of hydrogen-bond donors (Lipinski definition) is 1. The first-order chi connectivity index (χ1) is 8.84. The van der Waals surface area contributed by atoms with Gasteiger partial charge in [0.15, 0.2) is 0 Å². The van der Waals surface area contributed by atoms with Gasteiger partial charge < -0.3 is 5.32 Å². The predicted octanol–water partition coefficient (Wildman–Crippen LogP) is 2.49. The molecule has 1 aromatic carbocycles. The zero-order chi connectivity index (χ0) is 12.4. The molecule has 0 aliphatic heterocycles. The Hall–Kier alpha value is -1.68. The molecule has 1 aromatic heterocycles. The van der Waals surface area contributed by atoms with Gasteiger partial charge in [0.25, 0.3) is 0 Å². The van der Waals surface area contributed by atoms with Crippen LogP contribution < -0.4 is 5.32 Å². The van der Waals surface area contributed by atoms with Gasteiger partial charge in [0.05, 0.1) is 12.5 Å². The molecule has 3 rings (SSSR count). The van der Waals surface area contributed by atoms with Gasteiger partial charge in [-0.05, 0) is 24.0 Å². The highest BCUT2D eigenvalue weighted by atomic mass is 32.1. The molecule has 0 radical (unpaired) electrons. The first kappa shape index (κ1) is 11.4. The quantitative estimate of drug-likeness (QED) is 0.919. The second-order valence-electron chi connectivity index (χ2n) is 4.43. The fraction of sp³-hybridized carbons (Fsp3) is 0.286. The van der Waals surface area contributed by atoms with Crippen molar-refractivity contribution in [3.8, 4) is 0 Å². The third-order valence-corrected chi connectivity index (χ3v) is 4.13. The van der Waals surface area contributed by atoms with Crippen LogP contribution in [0.5, 0.6) is 0 Å². The minimum absolute atomic E-state index is 0.0150. The second-order valence-corrected chi connectivity index (χ2v) is 5.41. The van der Waals surface area contributed by atoms with E-state index in [4.69, 9.17) is 0 Å². The smallest absolute Gasteiger partial charge is 0.227 e. The van der Waals surface area contributed by atoms with Gasteiger partial charge in [0.2, 0.25) is 5.91 Å². The van der Waals surface area contributed by atoms with Crippen molar-refractivity contribution in [1.29, 1.82) is 0 Å². The standard InChI is InChI=1S/C14H14N2OS/c17-14(16-9-13-15-7-8-18-13)12-6-5-10-3-1-2-4-11(10)12/h1-4,7-8,12H,5-6,9H2,(H,16,17). The number of aryl methyl sites for hydroxylation is 1. The zero-order valence-corrected chi connectivity index (χ0v) is 10.7. The van der Waals surface area contributed by atoms with Gasteiger partial charge in [-0.3, -0.25) is 4.79 Å². The minimum Gasteiger partial charge on any atom is -0.349 e. The van der Waals surface area contributed by atoms with Crippen LogP contribution in [0.4, 0.5) is 0 Å². The molecule has 0 saturated heterocycles. The third kappa shape index (κ3) is 2.16. The average Bonchev–Trinajstić information content (AvgIpc) is 3.05. The lowest BCUT2D eigenvalue weighted by Gasteiger charge is -2.11. The van der Waals surface area contributed by atoms with Crippen LogP contribution in [0.3, 0.4) is 0 Å². The number of nitrogens with zero attached hydrogens (tertiary/aromatic N) is 1. The van der Waals surface area contributed by atoms with Crippen LogP contribution >= 0.6 is 11.3 Å². The molecule has 1 heterocycles. The van der Waals surface area contributed by atoms with Crippen molar-refractivity contribution in [2.75, 3.05) is 0 Å². The van der Waals surface area contributed by atoms with E-state index in [0.717, 1.165) is 17.8 Å². The van der Waals surface area contributed by atoms with Crippen LogP contribution in [0.2, 0.25) is 0 Å². The van der Waals surface area contributed by atoms with Gasteiger partial charge in [-0.15, -0.1) is 11.3 Å². The highest BCUT2D eigenvalue weighted by molar-refractivity contribution is 7.09. The van der Waals surface area contributed by atoms with E-state index in [1.165, 1.54) is 11.1 Å². The van der Waals surface area contributed by atoms with E-state index >= 15 is 0 Å². The molecule has 1 unspecified atom stereocenters. The molecule has 92 valence electrons. The van der Waals surface area contributed by atoms with E-state index in [2.05, 4.69) is 22.4 Å². The van der Waals surface area contributed by atoms with E-state index in [0.29, 0.717) is 6.54 Å². The first-order valence-electron chi connectivity index (χ1n) is 6.08. The van der Waals surface area contributed by atoms with Gasteiger partial charge in [-0.25, -0.2) is 4.98 Å². The van der Waals surface area contributed by atoms with Crippen molar-refractivity contribution in [2.24, 2.45) is 0 Å². The molecular weight excluding hydrogens is 244 g/mol. The summed E-state index contributed by atoms with van der Waals surface area (Å²) in [5.41, 5.74) is 2.50. The molecule has 3 nitrogen and oxygen atoms in total. The van der Waals surface area contributed by atoms with Gasteiger partial charge in [-0.2, -0.15) is 0 Å². The van der Waals surface area contributed by atoms with Crippen molar-refractivity contribution in [2.45, 2.75) is 25.3 Å². The number of carbonyl (C=O) groups is 1. The summed E-state index contributed by atoms with van der Waals surface area (Å²) in [6.45, 7) is 0.537. The molecule has 2 aromatic rings. The second kappa shape index (κ2) is 4.90. The van der Waals surface area contributed by atoms with Crippen molar-refractivity contribution in [3.63, 3.8) is 0 Å². The number of benzene rings is 1. The predicted molar refractivity (Wildman–Crippen MR) is 71.5 cm³/mol. The Bertz CT molecular complexity index is 551. The lowest BCUT2D eigenvalue weighted by atomic mass is 10.0. The van der Waals surface area contributed by atoms with Crippen molar-refractivity contribution >= 4 is 17.2 Å². The summed E-state index contributed by atoms with van der Waals surface area (Å²) in [5.74, 6) is 0.135. The lowest BCUT2D eigenvalue weighted by Crippen LogP contribution is -2.27. The summed E-state index contributed by atoms with van der Waals surface area (Å²) >= 11 is 1.57. The first-order valence-corrected chi connectivity index (χ1v) is 6.96. The number of hydrogen-bond acceptors (Lipinski definition) is 3. The number of aromatic nitrogens is 1. The summed E-state index contributed by atoms with van der Waals surface area (Å²) in [6, 6.07) is 8.22. The molecule has 1 amide bonds. The number of nitrogens with one attached hydrogen (secondary N) is 1. The number of fused-ring (bicyclic) bond motifs is 1. The van der Waals surface area contributed by atoms with E-state index in [-0.39, 0.29) is 11.8 Å². The summed E-state index contributed by atoms with van der Waals surface area (Å²) in [4.78, 5) is 16.3. The molecule has 0 bridgehead atoms. The van der Waals surface area contributed by atoms with E-state index in [1.54, 1.807) is 17.5 Å². The molecular formula is C14H14N2OS. The fourth-order valence-corrected chi connectivity index (χ4v) is 3.01. The Morgan fingerprint density at radius 3 is 3.17 bits per heavy atom. The molecule has 1 aliphatic rings. The van der Waals surface area contributed by atoms with Crippen LogP contribution in [-0.4, -0.2) is 10.9 Å². The fourth-order valence-electron chi connectivity index (χ4n) is 2.46. The molecule has 4 heteroatoms. The molecule has 0 spiro atoms. The normalized spacial score (nSPS) is 17.4. The highest BCUT2D eigenvalue weighted by Crippen LogP contribution is 2.32.